The fraction of sp³-hybridized carbons (Fsp3) is 0.0870. The van der Waals surface area contributed by atoms with E-state index in [1.54, 1.807) is 48.5 Å². The Morgan fingerprint density at radius 3 is 2.39 bits per heavy atom. The number of nitrogens with zero attached hydrogens (tertiary/aromatic N) is 3. The number of carbonyl (C=O) groups is 1. The van der Waals surface area contributed by atoms with Crippen LogP contribution in [0.2, 0.25) is 5.02 Å². The molecule has 0 aliphatic carbocycles. The second-order valence-corrected chi connectivity index (χ2v) is 9.59. The second kappa shape index (κ2) is 9.05. The summed E-state index contributed by atoms with van der Waals surface area (Å²) >= 11 is 6.19. The van der Waals surface area contributed by atoms with E-state index in [0.29, 0.717) is 27.2 Å². The van der Waals surface area contributed by atoms with E-state index in [-0.39, 0.29) is 23.7 Å². The summed E-state index contributed by atoms with van der Waals surface area (Å²) in [7, 11) is -3.61. The van der Waals surface area contributed by atoms with Crippen molar-refractivity contribution in [3.8, 4) is 5.88 Å². The average Bonchev–Trinajstić information content (AvgIpc) is 3.11. The van der Waals surface area contributed by atoms with Crippen molar-refractivity contribution in [2.45, 2.75) is 6.54 Å². The molecule has 4 rings (SSSR count). The summed E-state index contributed by atoms with van der Waals surface area (Å²) in [6.45, 7) is 0.0470. The van der Waals surface area contributed by atoms with E-state index in [0.717, 1.165) is 6.26 Å². The normalized spacial score (nSPS) is 11.8. The molecule has 4 aromatic rings. The first-order valence-electron chi connectivity index (χ1n) is 9.81. The molecule has 3 aromatic carbocycles. The van der Waals surface area contributed by atoms with Crippen LogP contribution in [0.25, 0.3) is 10.9 Å². The number of aromatic nitrogens is 1. The zero-order valence-electron chi connectivity index (χ0n) is 17.4. The number of nitrogens with one attached hydrogen (secondary N) is 1. The molecule has 0 aliphatic rings. The van der Waals surface area contributed by atoms with Gasteiger partial charge >= 0.3 is 0 Å². The molecule has 0 saturated carbocycles. The molecule has 0 aliphatic heterocycles. The Kier molecular flexibility index (Phi) is 6.17. The van der Waals surface area contributed by atoms with Crippen molar-refractivity contribution in [3.63, 3.8) is 0 Å². The summed E-state index contributed by atoms with van der Waals surface area (Å²) in [5.74, 6) is -0.824. The Hall–Kier alpha value is -3.69. The molecule has 0 atom stereocenters. The minimum absolute atomic E-state index is 0.0470. The molecule has 168 valence electrons. The molecule has 0 spiro atoms. The van der Waals surface area contributed by atoms with Crippen LogP contribution in [0.15, 0.2) is 83.0 Å². The highest BCUT2D eigenvalue weighted by molar-refractivity contribution is 7.92. The second-order valence-electron chi connectivity index (χ2n) is 7.28. The molecule has 0 bridgehead atoms. The Morgan fingerprint density at radius 1 is 1.03 bits per heavy atom. The quantitative estimate of drug-likeness (QED) is 0.357. The van der Waals surface area contributed by atoms with E-state index in [4.69, 9.17) is 11.6 Å². The van der Waals surface area contributed by atoms with Crippen LogP contribution in [-0.2, 0) is 16.6 Å². The summed E-state index contributed by atoms with van der Waals surface area (Å²) < 4.78 is 26.0. The third-order valence-electron chi connectivity index (χ3n) is 4.97. The largest absolute Gasteiger partial charge is 0.493 e. The molecular formula is C23H19ClN4O4S. The van der Waals surface area contributed by atoms with E-state index >= 15 is 0 Å². The zero-order valence-corrected chi connectivity index (χ0v) is 19.0. The molecule has 10 heteroatoms. The number of aromatic hydroxyl groups is 1. The van der Waals surface area contributed by atoms with Gasteiger partial charge in [-0.05, 0) is 42.0 Å². The highest BCUT2D eigenvalue weighted by Gasteiger charge is 2.19. The standard InChI is InChI=1S/C23H19ClN4O4S/c1-33(31,32)28(14-16-6-2-4-8-19(16)24)17-12-10-15(11-13-17)22(29)27-26-21-18-7-3-5-9-20(18)25-23(21)30/h2-13,25,30H,14H2,1H3. The number of H-pyrrole nitrogens is 1. The van der Waals surface area contributed by atoms with Crippen molar-refractivity contribution in [1.82, 2.24) is 4.98 Å². The van der Waals surface area contributed by atoms with Gasteiger partial charge in [-0.3, -0.25) is 9.10 Å². The topological polar surface area (TPSA) is 115 Å². The van der Waals surface area contributed by atoms with E-state index < -0.39 is 15.9 Å². The number of aromatic amines is 1. The molecule has 0 unspecified atom stereocenters. The Balaban J connectivity index is 1.57. The van der Waals surface area contributed by atoms with Gasteiger partial charge in [0.1, 0.15) is 0 Å². The fourth-order valence-corrected chi connectivity index (χ4v) is 4.39. The van der Waals surface area contributed by atoms with Crippen molar-refractivity contribution >= 4 is 49.8 Å². The van der Waals surface area contributed by atoms with Crippen LogP contribution in [0.5, 0.6) is 5.88 Å². The van der Waals surface area contributed by atoms with Crippen molar-refractivity contribution < 1.29 is 18.3 Å². The maximum absolute atomic E-state index is 12.5. The maximum atomic E-state index is 12.5. The lowest BCUT2D eigenvalue weighted by molar-refractivity contribution is 0.0995. The van der Waals surface area contributed by atoms with E-state index in [1.165, 1.54) is 28.6 Å². The van der Waals surface area contributed by atoms with Crippen molar-refractivity contribution in [1.29, 1.82) is 0 Å². The van der Waals surface area contributed by atoms with Gasteiger partial charge in [0.15, 0.2) is 5.69 Å². The highest BCUT2D eigenvalue weighted by atomic mass is 35.5. The molecule has 1 aromatic heterocycles. The zero-order chi connectivity index (χ0) is 23.6. The molecule has 1 amide bonds. The number of carbonyl (C=O) groups excluding carboxylic acids is 1. The Morgan fingerprint density at radius 2 is 1.70 bits per heavy atom. The van der Waals surface area contributed by atoms with Crippen molar-refractivity contribution in [2.24, 2.45) is 10.2 Å². The third-order valence-corrected chi connectivity index (χ3v) is 6.48. The fourth-order valence-electron chi connectivity index (χ4n) is 3.32. The van der Waals surface area contributed by atoms with Gasteiger partial charge in [-0.2, -0.15) is 0 Å². The van der Waals surface area contributed by atoms with Crippen LogP contribution in [0.4, 0.5) is 11.4 Å². The number of amides is 1. The van der Waals surface area contributed by atoms with Crippen molar-refractivity contribution in [3.05, 3.63) is 88.9 Å². The number of rotatable bonds is 6. The predicted molar refractivity (Wildman–Crippen MR) is 128 cm³/mol. The number of benzene rings is 3. The number of hydrogen-bond donors (Lipinski definition) is 2. The first-order valence-corrected chi connectivity index (χ1v) is 12.0. The molecule has 8 nitrogen and oxygen atoms in total. The summed E-state index contributed by atoms with van der Waals surface area (Å²) in [6, 6.07) is 20.1. The van der Waals surface area contributed by atoms with Gasteiger partial charge in [0.05, 0.1) is 24.0 Å². The number of hydrogen-bond acceptors (Lipinski definition) is 5. The summed E-state index contributed by atoms with van der Waals surface area (Å²) in [4.78, 5) is 15.3. The molecule has 33 heavy (non-hydrogen) atoms. The van der Waals surface area contributed by atoms with Gasteiger partial charge in [0.25, 0.3) is 5.91 Å². The number of sulfonamides is 1. The monoisotopic (exact) mass is 482 g/mol. The first kappa shape index (κ1) is 22.5. The van der Waals surface area contributed by atoms with Crippen LogP contribution >= 0.6 is 11.6 Å². The molecule has 2 N–H and O–H groups in total. The van der Waals surface area contributed by atoms with Gasteiger partial charge in [-0.25, -0.2) is 8.42 Å². The van der Waals surface area contributed by atoms with Gasteiger partial charge in [-0.15, -0.1) is 10.2 Å². The van der Waals surface area contributed by atoms with E-state index in [2.05, 4.69) is 15.2 Å². The lowest BCUT2D eigenvalue weighted by Crippen LogP contribution is -2.29. The lowest BCUT2D eigenvalue weighted by atomic mass is 10.2. The van der Waals surface area contributed by atoms with E-state index in [9.17, 15) is 18.3 Å². The highest BCUT2D eigenvalue weighted by Crippen LogP contribution is 2.35. The minimum atomic E-state index is -3.61. The van der Waals surface area contributed by atoms with Crippen LogP contribution in [-0.4, -0.2) is 30.7 Å². The van der Waals surface area contributed by atoms with Crippen LogP contribution in [0.1, 0.15) is 15.9 Å². The smallest absolute Gasteiger partial charge is 0.295 e. The maximum Gasteiger partial charge on any atom is 0.295 e. The minimum Gasteiger partial charge on any atom is -0.493 e. The Bertz CT molecular complexity index is 1460. The number of azo groups is 1. The summed E-state index contributed by atoms with van der Waals surface area (Å²) in [6.07, 6.45) is 1.10. The number of fused-ring (bicyclic) bond motifs is 1. The lowest BCUT2D eigenvalue weighted by Gasteiger charge is -2.23. The van der Waals surface area contributed by atoms with Gasteiger partial charge in [0, 0.05) is 16.0 Å². The van der Waals surface area contributed by atoms with Gasteiger partial charge in [-0.1, -0.05) is 48.0 Å². The number of halogens is 1. The molecule has 0 radical (unpaired) electrons. The van der Waals surface area contributed by atoms with Gasteiger partial charge in [0.2, 0.25) is 15.9 Å². The van der Waals surface area contributed by atoms with Crippen molar-refractivity contribution in [2.75, 3.05) is 10.6 Å². The number of anilines is 1. The molecule has 1 heterocycles. The summed E-state index contributed by atoms with van der Waals surface area (Å²) in [5, 5.41) is 18.7. The van der Waals surface area contributed by atoms with E-state index in [1.807, 2.05) is 0 Å². The third kappa shape index (κ3) is 4.89. The SMILES string of the molecule is CS(=O)(=O)N(Cc1ccccc1Cl)c1ccc(C(=O)N=Nc2c(O)[nH]c3ccccc23)cc1. The van der Waals surface area contributed by atoms with Crippen LogP contribution < -0.4 is 4.31 Å². The first-order chi connectivity index (χ1) is 15.7. The number of para-hydroxylation sites is 1. The van der Waals surface area contributed by atoms with Gasteiger partial charge < -0.3 is 10.1 Å². The van der Waals surface area contributed by atoms with Crippen LogP contribution in [0, 0.1) is 0 Å². The molecular weight excluding hydrogens is 464 g/mol. The molecule has 0 saturated heterocycles. The predicted octanol–water partition coefficient (Wildman–Crippen LogP) is 5.42. The van der Waals surface area contributed by atoms with Crippen LogP contribution in [0.3, 0.4) is 0 Å². The molecule has 0 fully saturated rings. The Labute approximate surface area is 195 Å². The average molecular weight is 483 g/mol. The summed E-state index contributed by atoms with van der Waals surface area (Å²) in [5.41, 5.74) is 2.07.